The lowest BCUT2D eigenvalue weighted by atomic mass is 10.2. The lowest BCUT2D eigenvalue weighted by Gasteiger charge is -2.10. The molecular formula is C13H16O5. The Morgan fingerprint density at radius 1 is 1.28 bits per heavy atom. The van der Waals surface area contributed by atoms with Gasteiger partial charge in [0, 0.05) is 5.56 Å². The van der Waals surface area contributed by atoms with Gasteiger partial charge in [-0.1, -0.05) is 12.1 Å². The van der Waals surface area contributed by atoms with Gasteiger partial charge in [-0.25, -0.2) is 4.79 Å². The van der Waals surface area contributed by atoms with Crippen LogP contribution in [0.1, 0.15) is 18.8 Å². The lowest BCUT2D eigenvalue weighted by Crippen LogP contribution is -2.14. The fourth-order valence-electron chi connectivity index (χ4n) is 1.62. The summed E-state index contributed by atoms with van der Waals surface area (Å²) in [5, 5.41) is 0. The first kappa shape index (κ1) is 12.9. The summed E-state index contributed by atoms with van der Waals surface area (Å²) in [4.78, 5) is 11.1. The molecule has 0 saturated carbocycles. The van der Waals surface area contributed by atoms with Gasteiger partial charge in [0.2, 0.25) is 0 Å². The molecule has 0 N–H and O–H groups in total. The third kappa shape index (κ3) is 3.45. The first-order valence-corrected chi connectivity index (χ1v) is 5.91. The molecule has 0 radical (unpaired) electrons. The molecule has 0 aliphatic carbocycles. The molecule has 0 amide bonds. The fourth-order valence-corrected chi connectivity index (χ4v) is 1.62. The summed E-state index contributed by atoms with van der Waals surface area (Å²) in [6, 6.07) is 7.27. The molecule has 98 valence electrons. The molecule has 1 aliphatic rings. The highest BCUT2D eigenvalue weighted by Gasteiger charge is 2.17. The van der Waals surface area contributed by atoms with Crippen LogP contribution in [-0.2, 0) is 19.0 Å². The molecule has 18 heavy (non-hydrogen) atoms. The van der Waals surface area contributed by atoms with Gasteiger partial charge < -0.3 is 18.9 Å². The zero-order valence-electron chi connectivity index (χ0n) is 10.3. The Hall–Kier alpha value is -1.59. The Morgan fingerprint density at radius 2 is 1.94 bits per heavy atom. The van der Waals surface area contributed by atoms with Crippen LogP contribution in [0.4, 0.5) is 0 Å². The SMILES string of the molecule is CCOC(=O)COc1ccc(C2OCCO2)cc1. The number of ether oxygens (including phenoxy) is 4. The van der Waals surface area contributed by atoms with Crippen LogP contribution in [0.2, 0.25) is 0 Å². The maximum absolute atomic E-state index is 11.1. The molecule has 0 aromatic heterocycles. The summed E-state index contributed by atoms with van der Waals surface area (Å²) in [5.74, 6) is 0.244. The van der Waals surface area contributed by atoms with Crippen LogP contribution in [-0.4, -0.2) is 32.4 Å². The van der Waals surface area contributed by atoms with Crippen molar-refractivity contribution in [2.75, 3.05) is 26.4 Å². The summed E-state index contributed by atoms with van der Waals surface area (Å²) in [7, 11) is 0. The second-order valence-corrected chi connectivity index (χ2v) is 3.74. The van der Waals surface area contributed by atoms with Crippen LogP contribution < -0.4 is 4.74 Å². The van der Waals surface area contributed by atoms with Crippen molar-refractivity contribution in [1.82, 2.24) is 0 Å². The molecule has 1 saturated heterocycles. The molecule has 1 aromatic rings. The summed E-state index contributed by atoms with van der Waals surface area (Å²) in [6.45, 7) is 3.27. The predicted octanol–water partition coefficient (Wildman–Crippen LogP) is 1.67. The van der Waals surface area contributed by atoms with E-state index in [4.69, 9.17) is 18.9 Å². The molecule has 1 aliphatic heterocycles. The second kappa shape index (κ2) is 6.37. The van der Waals surface area contributed by atoms with Crippen LogP contribution in [0.5, 0.6) is 5.75 Å². The second-order valence-electron chi connectivity index (χ2n) is 3.74. The number of carbonyl (C=O) groups excluding carboxylic acids is 1. The van der Waals surface area contributed by atoms with Crippen molar-refractivity contribution in [3.8, 4) is 5.75 Å². The molecular weight excluding hydrogens is 236 g/mol. The molecule has 0 bridgehead atoms. The third-order valence-corrected chi connectivity index (χ3v) is 2.44. The maximum atomic E-state index is 11.1. The largest absolute Gasteiger partial charge is 0.482 e. The van der Waals surface area contributed by atoms with Gasteiger partial charge in [0.25, 0.3) is 0 Å². The average Bonchev–Trinajstić information content (AvgIpc) is 2.91. The summed E-state index contributed by atoms with van der Waals surface area (Å²) in [5.41, 5.74) is 0.941. The Morgan fingerprint density at radius 3 is 2.56 bits per heavy atom. The summed E-state index contributed by atoms with van der Waals surface area (Å²) >= 11 is 0. The zero-order valence-corrected chi connectivity index (χ0v) is 10.3. The normalized spacial score (nSPS) is 15.6. The van der Waals surface area contributed by atoms with Gasteiger partial charge in [-0.15, -0.1) is 0 Å². The van der Waals surface area contributed by atoms with Gasteiger partial charge in [0.05, 0.1) is 19.8 Å². The third-order valence-electron chi connectivity index (χ3n) is 2.44. The fraction of sp³-hybridized carbons (Fsp3) is 0.462. The quantitative estimate of drug-likeness (QED) is 0.746. The number of hydrogen-bond donors (Lipinski definition) is 0. The van der Waals surface area contributed by atoms with E-state index in [1.807, 2.05) is 12.1 Å². The van der Waals surface area contributed by atoms with Crippen molar-refractivity contribution >= 4 is 5.97 Å². The molecule has 0 unspecified atom stereocenters. The highest BCUT2D eigenvalue weighted by molar-refractivity contribution is 5.71. The van der Waals surface area contributed by atoms with Crippen LogP contribution in [0.25, 0.3) is 0 Å². The molecule has 0 spiro atoms. The summed E-state index contributed by atoms with van der Waals surface area (Å²) < 4.78 is 20.8. The van der Waals surface area contributed by atoms with Crippen molar-refractivity contribution in [2.45, 2.75) is 13.2 Å². The number of carbonyl (C=O) groups is 1. The Bertz CT molecular complexity index is 381. The highest BCUT2D eigenvalue weighted by atomic mass is 16.7. The standard InChI is InChI=1S/C13H16O5/c1-2-15-12(14)9-18-11-5-3-10(4-6-11)13-16-7-8-17-13/h3-6,13H,2,7-9H2,1H3. The number of esters is 1. The van der Waals surface area contributed by atoms with E-state index in [-0.39, 0.29) is 18.9 Å². The van der Waals surface area contributed by atoms with E-state index < -0.39 is 0 Å². The van der Waals surface area contributed by atoms with E-state index in [0.717, 1.165) is 5.56 Å². The highest BCUT2D eigenvalue weighted by Crippen LogP contribution is 2.24. The van der Waals surface area contributed by atoms with Crippen LogP contribution in [0, 0.1) is 0 Å². The first-order valence-electron chi connectivity index (χ1n) is 5.91. The van der Waals surface area contributed by atoms with Crippen LogP contribution in [0.15, 0.2) is 24.3 Å². The van der Waals surface area contributed by atoms with E-state index in [0.29, 0.717) is 25.6 Å². The number of benzene rings is 1. The summed E-state index contributed by atoms with van der Waals surface area (Å²) in [6.07, 6.45) is -0.288. The van der Waals surface area contributed by atoms with Crippen molar-refractivity contribution in [3.63, 3.8) is 0 Å². The van der Waals surface area contributed by atoms with Crippen molar-refractivity contribution < 1.29 is 23.7 Å². The van der Waals surface area contributed by atoms with Crippen molar-refractivity contribution in [1.29, 1.82) is 0 Å². The van der Waals surface area contributed by atoms with Crippen LogP contribution in [0.3, 0.4) is 0 Å². The van der Waals surface area contributed by atoms with Gasteiger partial charge in [0.15, 0.2) is 12.9 Å². The molecule has 5 heteroatoms. The minimum atomic E-state index is -0.371. The van der Waals surface area contributed by atoms with E-state index in [1.165, 1.54) is 0 Å². The monoisotopic (exact) mass is 252 g/mol. The van der Waals surface area contributed by atoms with Crippen LogP contribution >= 0.6 is 0 Å². The topological polar surface area (TPSA) is 54.0 Å². The molecule has 1 aromatic carbocycles. The van der Waals surface area contributed by atoms with Crippen molar-refractivity contribution in [2.24, 2.45) is 0 Å². The Kier molecular flexibility index (Phi) is 4.55. The minimum absolute atomic E-state index is 0.0797. The number of hydrogen-bond acceptors (Lipinski definition) is 5. The van der Waals surface area contributed by atoms with Gasteiger partial charge >= 0.3 is 5.97 Å². The van der Waals surface area contributed by atoms with Crippen molar-refractivity contribution in [3.05, 3.63) is 29.8 Å². The van der Waals surface area contributed by atoms with Gasteiger partial charge in [0.1, 0.15) is 5.75 Å². The van der Waals surface area contributed by atoms with E-state index in [1.54, 1.807) is 19.1 Å². The average molecular weight is 252 g/mol. The maximum Gasteiger partial charge on any atom is 0.344 e. The minimum Gasteiger partial charge on any atom is -0.482 e. The zero-order chi connectivity index (χ0) is 12.8. The molecule has 1 fully saturated rings. The van der Waals surface area contributed by atoms with Gasteiger partial charge in [-0.05, 0) is 19.1 Å². The molecule has 2 rings (SSSR count). The predicted molar refractivity (Wildman–Crippen MR) is 63.2 cm³/mol. The van der Waals surface area contributed by atoms with E-state index in [9.17, 15) is 4.79 Å². The lowest BCUT2D eigenvalue weighted by molar-refractivity contribution is -0.145. The molecule has 1 heterocycles. The smallest absolute Gasteiger partial charge is 0.344 e. The first-order chi connectivity index (χ1) is 8.79. The molecule has 0 atom stereocenters. The van der Waals surface area contributed by atoms with E-state index >= 15 is 0 Å². The Balaban J connectivity index is 1.85. The van der Waals surface area contributed by atoms with E-state index in [2.05, 4.69) is 0 Å². The van der Waals surface area contributed by atoms with Gasteiger partial charge in [-0.3, -0.25) is 0 Å². The molecule has 5 nitrogen and oxygen atoms in total. The Labute approximate surface area is 106 Å². The number of rotatable bonds is 5. The van der Waals surface area contributed by atoms with Gasteiger partial charge in [-0.2, -0.15) is 0 Å².